The highest BCUT2D eigenvalue weighted by Crippen LogP contribution is 2.18. The SMILES string of the molecule is CCOC(=O)CCN(CC1CCCN1CC)C(=O)Cn1cnc2ccc(Br)cc2c1=O. The number of carbonyl (C=O) groups excluding carboxylic acids is 2. The average molecular weight is 493 g/mol. The van der Waals surface area contributed by atoms with E-state index in [0.29, 0.717) is 24.1 Å². The third-order valence-corrected chi connectivity index (χ3v) is 6.17. The molecular formula is C22H29BrN4O4. The first-order valence-corrected chi connectivity index (χ1v) is 11.5. The highest BCUT2D eigenvalue weighted by atomic mass is 79.9. The van der Waals surface area contributed by atoms with E-state index >= 15 is 0 Å². The topological polar surface area (TPSA) is 84.7 Å². The molecule has 0 bridgehead atoms. The van der Waals surface area contributed by atoms with Gasteiger partial charge in [0.05, 0.1) is 30.3 Å². The largest absolute Gasteiger partial charge is 0.466 e. The quantitative estimate of drug-likeness (QED) is 0.499. The second-order valence-corrected chi connectivity index (χ2v) is 8.57. The molecule has 8 nitrogen and oxygen atoms in total. The van der Waals surface area contributed by atoms with Crippen molar-refractivity contribution >= 4 is 38.7 Å². The van der Waals surface area contributed by atoms with Crippen molar-refractivity contribution < 1.29 is 14.3 Å². The van der Waals surface area contributed by atoms with Gasteiger partial charge in [-0.1, -0.05) is 22.9 Å². The Labute approximate surface area is 190 Å². The minimum Gasteiger partial charge on any atom is -0.466 e. The van der Waals surface area contributed by atoms with Crippen LogP contribution < -0.4 is 5.56 Å². The summed E-state index contributed by atoms with van der Waals surface area (Å²) in [6, 6.07) is 5.56. The van der Waals surface area contributed by atoms with E-state index in [1.807, 2.05) is 6.07 Å². The zero-order chi connectivity index (χ0) is 22.4. The summed E-state index contributed by atoms with van der Waals surface area (Å²) in [6.45, 7) is 6.82. The van der Waals surface area contributed by atoms with Crippen LogP contribution in [0.5, 0.6) is 0 Å². The number of carbonyl (C=O) groups is 2. The number of esters is 1. The molecule has 0 saturated carbocycles. The fraction of sp³-hybridized carbons (Fsp3) is 0.545. The van der Waals surface area contributed by atoms with E-state index in [4.69, 9.17) is 4.74 Å². The van der Waals surface area contributed by atoms with E-state index < -0.39 is 0 Å². The standard InChI is InChI=1S/C22H29BrN4O4/c1-3-25-10-5-6-17(25)13-26(11-9-21(29)31-4-2)20(28)14-27-15-24-19-8-7-16(23)12-18(19)22(27)30/h7-8,12,15,17H,3-6,9-11,13-14H2,1-2H3. The van der Waals surface area contributed by atoms with Crippen molar-refractivity contribution in [3.63, 3.8) is 0 Å². The number of halogens is 1. The van der Waals surface area contributed by atoms with Crippen LogP contribution in [-0.2, 0) is 20.9 Å². The van der Waals surface area contributed by atoms with Crippen LogP contribution in [0, 0.1) is 0 Å². The number of rotatable bonds is 9. The number of amides is 1. The predicted octanol–water partition coefficient (Wildman–Crippen LogP) is 2.43. The number of likely N-dealkylation sites (N-methyl/N-ethyl adjacent to an activating group) is 1. The van der Waals surface area contributed by atoms with Gasteiger partial charge >= 0.3 is 5.97 Å². The molecular weight excluding hydrogens is 464 g/mol. The first kappa shape index (κ1) is 23.4. The van der Waals surface area contributed by atoms with Crippen LogP contribution in [0.4, 0.5) is 0 Å². The molecule has 1 aromatic heterocycles. The summed E-state index contributed by atoms with van der Waals surface area (Å²) >= 11 is 3.37. The molecule has 1 atom stereocenters. The second kappa shape index (κ2) is 10.9. The van der Waals surface area contributed by atoms with Gasteiger partial charge in [0.25, 0.3) is 5.56 Å². The van der Waals surface area contributed by atoms with E-state index in [2.05, 4.69) is 32.7 Å². The van der Waals surface area contributed by atoms with Gasteiger partial charge < -0.3 is 9.64 Å². The molecule has 1 aromatic carbocycles. The van der Waals surface area contributed by atoms with Gasteiger partial charge in [0.1, 0.15) is 6.54 Å². The summed E-state index contributed by atoms with van der Waals surface area (Å²) in [6.07, 6.45) is 3.66. The number of nitrogens with zero attached hydrogens (tertiary/aromatic N) is 4. The van der Waals surface area contributed by atoms with Crippen LogP contribution in [0.1, 0.15) is 33.1 Å². The molecule has 0 radical (unpaired) electrons. The number of hydrogen-bond acceptors (Lipinski definition) is 6. The Kier molecular flexibility index (Phi) is 8.20. The zero-order valence-corrected chi connectivity index (χ0v) is 19.6. The van der Waals surface area contributed by atoms with Crippen molar-refractivity contribution in [3.8, 4) is 0 Å². The van der Waals surface area contributed by atoms with Gasteiger partial charge in [0, 0.05) is 23.6 Å². The molecule has 31 heavy (non-hydrogen) atoms. The van der Waals surface area contributed by atoms with Crippen LogP contribution in [0.3, 0.4) is 0 Å². The Morgan fingerprint density at radius 3 is 2.87 bits per heavy atom. The summed E-state index contributed by atoms with van der Waals surface area (Å²) in [5.41, 5.74) is 0.321. The maximum absolute atomic E-state index is 13.2. The van der Waals surface area contributed by atoms with Crippen LogP contribution >= 0.6 is 15.9 Å². The molecule has 168 valence electrons. The summed E-state index contributed by atoms with van der Waals surface area (Å²) in [4.78, 5) is 46.3. The number of benzene rings is 1. The Balaban J connectivity index is 1.78. The van der Waals surface area contributed by atoms with Gasteiger partial charge in [-0.25, -0.2) is 4.98 Å². The third kappa shape index (κ3) is 5.92. The van der Waals surface area contributed by atoms with Crippen molar-refractivity contribution in [2.75, 3.05) is 32.8 Å². The Morgan fingerprint density at radius 2 is 2.13 bits per heavy atom. The van der Waals surface area contributed by atoms with Gasteiger partial charge in [0.2, 0.25) is 5.91 Å². The minimum absolute atomic E-state index is 0.115. The lowest BCUT2D eigenvalue weighted by atomic mass is 10.2. The smallest absolute Gasteiger partial charge is 0.307 e. The third-order valence-electron chi connectivity index (χ3n) is 5.67. The molecule has 1 fully saturated rings. The summed E-state index contributed by atoms with van der Waals surface area (Å²) in [7, 11) is 0. The molecule has 0 spiro atoms. The lowest BCUT2D eigenvalue weighted by molar-refractivity contribution is -0.144. The van der Waals surface area contributed by atoms with Gasteiger partial charge in [-0.05, 0) is 51.1 Å². The van der Waals surface area contributed by atoms with Gasteiger partial charge in [-0.2, -0.15) is 0 Å². The maximum atomic E-state index is 13.2. The Bertz CT molecular complexity index is 993. The number of likely N-dealkylation sites (tertiary alicyclic amines) is 1. The fourth-order valence-corrected chi connectivity index (χ4v) is 4.40. The van der Waals surface area contributed by atoms with Gasteiger partial charge in [0.15, 0.2) is 0 Å². The van der Waals surface area contributed by atoms with Crippen LogP contribution in [-0.4, -0.2) is 70.1 Å². The van der Waals surface area contributed by atoms with E-state index in [0.717, 1.165) is 30.4 Å². The lowest BCUT2D eigenvalue weighted by Crippen LogP contribution is -2.45. The molecule has 2 aromatic rings. The average Bonchev–Trinajstić information content (AvgIpc) is 3.20. The number of hydrogen-bond donors (Lipinski definition) is 0. The molecule has 1 unspecified atom stereocenters. The maximum Gasteiger partial charge on any atom is 0.307 e. The summed E-state index contributed by atoms with van der Waals surface area (Å²) in [5.74, 6) is -0.529. The molecule has 1 aliphatic heterocycles. The van der Waals surface area contributed by atoms with Crippen LogP contribution in [0.2, 0.25) is 0 Å². The number of aromatic nitrogens is 2. The van der Waals surface area contributed by atoms with Crippen molar-refractivity contribution in [2.24, 2.45) is 0 Å². The molecule has 0 aliphatic carbocycles. The minimum atomic E-state index is -0.326. The molecule has 0 N–H and O–H groups in total. The molecule has 1 aliphatic rings. The molecule has 2 heterocycles. The first-order valence-electron chi connectivity index (χ1n) is 10.7. The molecule has 9 heteroatoms. The van der Waals surface area contributed by atoms with Gasteiger partial charge in [-0.15, -0.1) is 0 Å². The zero-order valence-electron chi connectivity index (χ0n) is 18.1. The monoisotopic (exact) mass is 492 g/mol. The van der Waals surface area contributed by atoms with Crippen molar-refractivity contribution in [2.45, 2.75) is 45.7 Å². The normalized spacial score (nSPS) is 16.5. The van der Waals surface area contributed by atoms with E-state index in [9.17, 15) is 14.4 Å². The summed E-state index contributed by atoms with van der Waals surface area (Å²) in [5, 5.41) is 0.454. The van der Waals surface area contributed by atoms with Crippen molar-refractivity contribution in [3.05, 3.63) is 39.4 Å². The highest BCUT2D eigenvalue weighted by Gasteiger charge is 2.27. The molecule has 3 rings (SSSR count). The van der Waals surface area contributed by atoms with Crippen LogP contribution in [0.15, 0.2) is 33.8 Å². The van der Waals surface area contributed by atoms with E-state index in [1.165, 1.54) is 10.9 Å². The van der Waals surface area contributed by atoms with Crippen molar-refractivity contribution in [1.29, 1.82) is 0 Å². The number of fused-ring (bicyclic) bond motifs is 1. The van der Waals surface area contributed by atoms with Gasteiger partial charge in [-0.3, -0.25) is 23.9 Å². The first-order chi connectivity index (χ1) is 14.9. The molecule has 1 saturated heterocycles. The van der Waals surface area contributed by atoms with E-state index in [1.54, 1.807) is 24.0 Å². The fourth-order valence-electron chi connectivity index (χ4n) is 4.04. The number of ether oxygens (including phenoxy) is 1. The Hall–Kier alpha value is -2.26. The van der Waals surface area contributed by atoms with Crippen LogP contribution in [0.25, 0.3) is 10.9 Å². The van der Waals surface area contributed by atoms with Crippen molar-refractivity contribution in [1.82, 2.24) is 19.4 Å². The lowest BCUT2D eigenvalue weighted by Gasteiger charge is -2.30. The summed E-state index contributed by atoms with van der Waals surface area (Å²) < 4.78 is 7.14. The predicted molar refractivity (Wildman–Crippen MR) is 122 cm³/mol. The van der Waals surface area contributed by atoms with E-state index in [-0.39, 0.29) is 43.0 Å². The Morgan fingerprint density at radius 1 is 1.32 bits per heavy atom. The molecule has 1 amide bonds. The highest BCUT2D eigenvalue weighted by molar-refractivity contribution is 9.10. The second-order valence-electron chi connectivity index (χ2n) is 7.66.